The van der Waals surface area contributed by atoms with E-state index in [0.717, 1.165) is 5.56 Å². The van der Waals surface area contributed by atoms with E-state index in [1.807, 2.05) is 26.8 Å². The third kappa shape index (κ3) is 3.51. The van der Waals surface area contributed by atoms with Crippen LogP contribution in [0.25, 0.3) is 0 Å². The Labute approximate surface area is 94.9 Å². The van der Waals surface area contributed by atoms with Crippen molar-refractivity contribution in [2.75, 3.05) is 5.32 Å². The number of aromatic nitrogens is 1. The van der Waals surface area contributed by atoms with E-state index >= 15 is 0 Å². The predicted molar refractivity (Wildman–Crippen MR) is 61.9 cm³/mol. The third-order valence-corrected chi connectivity index (χ3v) is 2.21. The maximum Gasteiger partial charge on any atom is 0.230 e. The van der Waals surface area contributed by atoms with E-state index in [9.17, 15) is 4.79 Å². The van der Waals surface area contributed by atoms with Gasteiger partial charge in [0.1, 0.15) is 5.82 Å². The van der Waals surface area contributed by atoms with Crippen LogP contribution >= 0.6 is 11.6 Å². The summed E-state index contributed by atoms with van der Waals surface area (Å²) in [5, 5.41) is 2.74. The van der Waals surface area contributed by atoms with Crippen LogP contribution < -0.4 is 5.32 Å². The summed E-state index contributed by atoms with van der Waals surface area (Å²) in [5.74, 6) is 0.943. The number of halogens is 1. The van der Waals surface area contributed by atoms with Gasteiger partial charge in [-0.05, 0) is 11.6 Å². The molecule has 0 aliphatic rings. The number of pyridine rings is 1. The molecule has 0 saturated heterocycles. The fourth-order valence-corrected chi connectivity index (χ4v) is 1.04. The smallest absolute Gasteiger partial charge is 0.230 e. The Morgan fingerprint density at radius 2 is 2.13 bits per heavy atom. The Morgan fingerprint density at radius 1 is 1.47 bits per heavy atom. The van der Waals surface area contributed by atoms with Crippen LogP contribution in [0.15, 0.2) is 18.3 Å². The maximum atomic E-state index is 11.6. The Bertz CT molecular complexity index is 341. The molecule has 0 saturated carbocycles. The monoisotopic (exact) mass is 226 g/mol. The molecular formula is C11H15ClN2O. The lowest BCUT2D eigenvalue weighted by atomic mass is 9.96. The molecule has 1 aromatic heterocycles. The minimum Gasteiger partial charge on any atom is -0.310 e. The molecule has 0 bridgehead atoms. The van der Waals surface area contributed by atoms with E-state index in [1.165, 1.54) is 0 Å². The molecule has 1 N–H and O–H groups in total. The second-order valence-electron chi connectivity index (χ2n) is 4.39. The van der Waals surface area contributed by atoms with Crippen LogP contribution in [-0.4, -0.2) is 10.9 Å². The van der Waals surface area contributed by atoms with E-state index in [2.05, 4.69) is 10.3 Å². The first-order valence-corrected chi connectivity index (χ1v) is 5.29. The van der Waals surface area contributed by atoms with Crippen LogP contribution in [0, 0.1) is 5.41 Å². The zero-order valence-corrected chi connectivity index (χ0v) is 9.93. The van der Waals surface area contributed by atoms with Crippen molar-refractivity contribution in [2.45, 2.75) is 26.7 Å². The number of hydrogen-bond donors (Lipinski definition) is 1. The summed E-state index contributed by atoms with van der Waals surface area (Å²) in [5.41, 5.74) is 0.526. The highest BCUT2D eigenvalue weighted by molar-refractivity contribution is 6.17. The van der Waals surface area contributed by atoms with Crippen molar-refractivity contribution in [1.82, 2.24) is 4.98 Å². The molecule has 0 radical (unpaired) electrons. The zero-order valence-electron chi connectivity index (χ0n) is 9.17. The highest BCUT2D eigenvalue weighted by Crippen LogP contribution is 2.16. The summed E-state index contributed by atoms with van der Waals surface area (Å²) in [6, 6.07) is 3.60. The van der Waals surface area contributed by atoms with Gasteiger partial charge in [0.25, 0.3) is 0 Å². The molecule has 15 heavy (non-hydrogen) atoms. The standard InChI is InChI=1S/C11H15ClN2O/c1-11(2,3)10(15)14-9-5-4-8(6-12)7-13-9/h4-5,7H,6H2,1-3H3,(H,13,14,15). The molecule has 0 fully saturated rings. The summed E-state index contributed by atoms with van der Waals surface area (Å²) in [7, 11) is 0. The summed E-state index contributed by atoms with van der Waals surface area (Å²) < 4.78 is 0. The topological polar surface area (TPSA) is 42.0 Å². The van der Waals surface area contributed by atoms with Crippen molar-refractivity contribution in [3.05, 3.63) is 23.9 Å². The Balaban J connectivity index is 2.70. The van der Waals surface area contributed by atoms with Gasteiger partial charge in [-0.1, -0.05) is 26.8 Å². The van der Waals surface area contributed by atoms with E-state index in [-0.39, 0.29) is 5.91 Å². The van der Waals surface area contributed by atoms with E-state index in [1.54, 1.807) is 12.3 Å². The fourth-order valence-electron chi connectivity index (χ4n) is 0.881. The Hall–Kier alpha value is -1.09. The molecule has 0 aliphatic heterocycles. The van der Waals surface area contributed by atoms with Crippen LogP contribution in [0.3, 0.4) is 0 Å². The Morgan fingerprint density at radius 3 is 2.53 bits per heavy atom. The van der Waals surface area contributed by atoms with Gasteiger partial charge in [-0.15, -0.1) is 11.6 Å². The van der Waals surface area contributed by atoms with Crippen LogP contribution in [0.1, 0.15) is 26.3 Å². The van der Waals surface area contributed by atoms with Crippen molar-refractivity contribution in [1.29, 1.82) is 0 Å². The predicted octanol–water partition coefficient (Wildman–Crippen LogP) is 2.81. The van der Waals surface area contributed by atoms with Crippen molar-refractivity contribution in [2.24, 2.45) is 5.41 Å². The summed E-state index contributed by atoms with van der Waals surface area (Å²) in [6.07, 6.45) is 1.66. The minimum atomic E-state index is -0.410. The second-order valence-corrected chi connectivity index (χ2v) is 4.66. The highest BCUT2D eigenvalue weighted by Gasteiger charge is 2.21. The fraction of sp³-hybridized carbons (Fsp3) is 0.455. The normalized spacial score (nSPS) is 11.2. The number of carbonyl (C=O) groups excluding carboxylic acids is 1. The van der Waals surface area contributed by atoms with E-state index in [4.69, 9.17) is 11.6 Å². The van der Waals surface area contributed by atoms with Gasteiger partial charge in [-0.3, -0.25) is 4.79 Å². The summed E-state index contributed by atoms with van der Waals surface area (Å²) in [6.45, 7) is 5.57. The number of rotatable bonds is 2. The summed E-state index contributed by atoms with van der Waals surface area (Å²) >= 11 is 5.63. The SMILES string of the molecule is CC(C)(C)C(=O)Nc1ccc(CCl)cn1. The van der Waals surface area contributed by atoms with Gasteiger partial charge in [0.15, 0.2) is 0 Å². The molecule has 0 spiro atoms. The molecule has 0 aliphatic carbocycles. The molecule has 0 atom stereocenters. The second kappa shape index (κ2) is 4.62. The lowest BCUT2D eigenvalue weighted by molar-refractivity contribution is -0.123. The van der Waals surface area contributed by atoms with Gasteiger partial charge in [0.2, 0.25) is 5.91 Å². The van der Waals surface area contributed by atoms with Gasteiger partial charge < -0.3 is 5.32 Å². The lowest BCUT2D eigenvalue weighted by Crippen LogP contribution is -2.27. The molecular weight excluding hydrogens is 212 g/mol. The first-order valence-electron chi connectivity index (χ1n) is 4.76. The molecule has 1 heterocycles. The van der Waals surface area contributed by atoms with E-state index in [0.29, 0.717) is 11.7 Å². The largest absolute Gasteiger partial charge is 0.310 e. The van der Waals surface area contributed by atoms with Gasteiger partial charge in [0.05, 0.1) is 0 Å². The van der Waals surface area contributed by atoms with Crippen LogP contribution in [0.4, 0.5) is 5.82 Å². The number of amides is 1. The quantitative estimate of drug-likeness (QED) is 0.788. The number of nitrogens with zero attached hydrogens (tertiary/aromatic N) is 1. The zero-order chi connectivity index (χ0) is 11.5. The third-order valence-electron chi connectivity index (χ3n) is 1.90. The van der Waals surface area contributed by atoms with Gasteiger partial charge in [-0.25, -0.2) is 4.98 Å². The van der Waals surface area contributed by atoms with Gasteiger partial charge in [-0.2, -0.15) is 0 Å². The summed E-state index contributed by atoms with van der Waals surface area (Å²) in [4.78, 5) is 15.7. The van der Waals surface area contributed by atoms with Gasteiger partial charge >= 0.3 is 0 Å². The number of nitrogens with one attached hydrogen (secondary N) is 1. The van der Waals surface area contributed by atoms with Crippen molar-refractivity contribution >= 4 is 23.3 Å². The van der Waals surface area contributed by atoms with Crippen molar-refractivity contribution in [3.8, 4) is 0 Å². The molecule has 4 heteroatoms. The van der Waals surface area contributed by atoms with Crippen molar-refractivity contribution < 1.29 is 4.79 Å². The molecule has 82 valence electrons. The molecule has 3 nitrogen and oxygen atoms in total. The molecule has 0 unspecified atom stereocenters. The first-order chi connectivity index (χ1) is 6.93. The maximum absolute atomic E-state index is 11.6. The lowest BCUT2D eigenvalue weighted by Gasteiger charge is -2.17. The first kappa shape index (κ1) is 12.0. The average molecular weight is 227 g/mol. The molecule has 1 rings (SSSR count). The van der Waals surface area contributed by atoms with Crippen LogP contribution in [0.2, 0.25) is 0 Å². The van der Waals surface area contributed by atoms with Crippen molar-refractivity contribution in [3.63, 3.8) is 0 Å². The highest BCUT2D eigenvalue weighted by atomic mass is 35.5. The molecule has 0 aromatic carbocycles. The average Bonchev–Trinajstić information content (AvgIpc) is 2.17. The van der Waals surface area contributed by atoms with Crippen LogP contribution in [0.5, 0.6) is 0 Å². The molecule has 1 aromatic rings. The Kier molecular flexibility index (Phi) is 3.69. The number of alkyl halides is 1. The number of hydrogen-bond acceptors (Lipinski definition) is 2. The van der Waals surface area contributed by atoms with Gasteiger partial charge in [0, 0.05) is 17.5 Å². The molecule has 1 amide bonds. The number of anilines is 1. The minimum absolute atomic E-state index is 0.0476. The van der Waals surface area contributed by atoms with Crippen LogP contribution in [-0.2, 0) is 10.7 Å². The van der Waals surface area contributed by atoms with E-state index < -0.39 is 5.41 Å². The number of carbonyl (C=O) groups is 1.